The number of nitrogens with zero attached hydrogens (tertiary/aromatic N) is 3. The molecule has 2 rings (SSSR count). The minimum absolute atomic E-state index is 0.0214. The monoisotopic (exact) mass is 235 g/mol. The number of rotatable bonds is 2. The lowest BCUT2D eigenvalue weighted by atomic mass is 10.2. The summed E-state index contributed by atoms with van der Waals surface area (Å²) < 4.78 is 0.885. The van der Waals surface area contributed by atoms with Crippen LogP contribution in [0.1, 0.15) is 0 Å². The van der Waals surface area contributed by atoms with Crippen molar-refractivity contribution in [3.8, 4) is 0 Å². The second-order valence-corrected chi connectivity index (χ2v) is 3.19. The summed E-state index contributed by atoms with van der Waals surface area (Å²) in [6.45, 7) is 0. The maximum absolute atomic E-state index is 11.6. The van der Waals surface area contributed by atoms with Crippen LogP contribution in [0.15, 0.2) is 35.3 Å². The molecule has 0 aliphatic heterocycles. The normalized spacial score (nSPS) is 10.4. The first-order valence-electron chi connectivity index (χ1n) is 4.45. The average Bonchev–Trinajstić information content (AvgIpc) is 2.29. The highest BCUT2D eigenvalue weighted by molar-refractivity contribution is 5.67. The molecule has 0 atom stereocenters. The molecule has 2 aromatic heterocycles. The zero-order valence-electron chi connectivity index (χ0n) is 8.27. The molecule has 0 amide bonds. The van der Waals surface area contributed by atoms with E-state index in [0.29, 0.717) is 6.07 Å². The van der Waals surface area contributed by atoms with Crippen LogP contribution in [-0.2, 0) is 0 Å². The lowest BCUT2D eigenvalue weighted by Gasteiger charge is -2.00. The van der Waals surface area contributed by atoms with Gasteiger partial charge >= 0.3 is 11.2 Å². The molecule has 8 nitrogen and oxygen atoms in total. The first kappa shape index (κ1) is 10.7. The molecule has 0 saturated heterocycles. The van der Waals surface area contributed by atoms with Crippen LogP contribution >= 0.6 is 0 Å². The molecule has 0 aliphatic carbocycles. The van der Waals surface area contributed by atoms with Gasteiger partial charge in [-0.05, 0) is 12.1 Å². The van der Waals surface area contributed by atoms with Gasteiger partial charge in [-0.1, -0.05) is 6.07 Å². The lowest BCUT2D eigenvalue weighted by Crippen LogP contribution is -2.17. The van der Waals surface area contributed by atoms with E-state index in [1.54, 1.807) is 0 Å². The number of hydrogen-bond acceptors (Lipinski definition) is 5. The molecule has 0 fully saturated rings. The summed E-state index contributed by atoms with van der Waals surface area (Å²) >= 11 is 0. The molecular weight excluding hydrogens is 230 g/mol. The third-order valence-electron chi connectivity index (χ3n) is 2.23. The van der Waals surface area contributed by atoms with Crippen LogP contribution < -0.4 is 5.56 Å². The Morgan fingerprint density at radius 1 is 1.06 bits per heavy atom. The van der Waals surface area contributed by atoms with Gasteiger partial charge in [0.25, 0.3) is 5.69 Å². The molecular formula is C9H5N3O5. The Hall–Kier alpha value is -2.77. The van der Waals surface area contributed by atoms with Crippen LogP contribution in [0.3, 0.4) is 0 Å². The minimum Gasteiger partial charge on any atom is -0.272 e. The Morgan fingerprint density at radius 2 is 1.71 bits per heavy atom. The van der Waals surface area contributed by atoms with Crippen molar-refractivity contribution in [3.05, 3.63) is 61.0 Å². The number of nitro groups is 2. The van der Waals surface area contributed by atoms with Crippen molar-refractivity contribution in [1.29, 1.82) is 0 Å². The fourth-order valence-corrected chi connectivity index (χ4v) is 1.49. The SMILES string of the molecule is O=c1c([N+](=O)[O-])cc([N+](=O)[O-])c2ccccn12. The van der Waals surface area contributed by atoms with Gasteiger partial charge in [-0.25, -0.2) is 0 Å². The minimum atomic E-state index is -0.936. The van der Waals surface area contributed by atoms with Crippen molar-refractivity contribution in [1.82, 2.24) is 4.40 Å². The third-order valence-corrected chi connectivity index (χ3v) is 2.23. The van der Waals surface area contributed by atoms with Crippen LogP contribution in [0.2, 0.25) is 0 Å². The molecule has 2 heterocycles. The van der Waals surface area contributed by atoms with Gasteiger partial charge in [0.2, 0.25) is 0 Å². The van der Waals surface area contributed by atoms with Crippen LogP contribution in [-0.4, -0.2) is 14.2 Å². The summed E-state index contributed by atoms with van der Waals surface area (Å²) in [5.74, 6) is 0. The molecule has 0 bridgehead atoms. The Morgan fingerprint density at radius 3 is 2.29 bits per heavy atom. The van der Waals surface area contributed by atoms with Crippen LogP contribution in [0.25, 0.3) is 5.52 Å². The summed E-state index contributed by atoms with van der Waals surface area (Å²) in [6.07, 6.45) is 1.25. The van der Waals surface area contributed by atoms with E-state index >= 15 is 0 Å². The molecule has 0 radical (unpaired) electrons. The van der Waals surface area contributed by atoms with Crippen molar-refractivity contribution in [2.45, 2.75) is 0 Å². The highest BCUT2D eigenvalue weighted by Crippen LogP contribution is 2.21. The maximum Gasteiger partial charge on any atom is 0.341 e. The molecule has 0 spiro atoms. The third kappa shape index (κ3) is 1.61. The van der Waals surface area contributed by atoms with E-state index in [2.05, 4.69) is 0 Å². The predicted molar refractivity (Wildman–Crippen MR) is 57.0 cm³/mol. The van der Waals surface area contributed by atoms with E-state index in [1.165, 1.54) is 24.4 Å². The van der Waals surface area contributed by atoms with E-state index in [-0.39, 0.29) is 5.52 Å². The second-order valence-electron chi connectivity index (χ2n) is 3.19. The molecule has 8 heteroatoms. The summed E-state index contributed by atoms with van der Waals surface area (Å²) in [6, 6.07) is 5.00. The molecule has 0 N–H and O–H groups in total. The number of fused-ring (bicyclic) bond motifs is 1. The fourth-order valence-electron chi connectivity index (χ4n) is 1.49. The van der Waals surface area contributed by atoms with Gasteiger partial charge in [-0.3, -0.25) is 29.4 Å². The maximum atomic E-state index is 11.6. The Bertz CT molecular complexity index is 691. The van der Waals surface area contributed by atoms with E-state index in [4.69, 9.17) is 0 Å². The van der Waals surface area contributed by atoms with Gasteiger partial charge in [0.05, 0.1) is 9.85 Å². The highest BCUT2D eigenvalue weighted by Gasteiger charge is 2.23. The van der Waals surface area contributed by atoms with Gasteiger partial charge in [0, 0.05) is 6.20 Å². The van der Waals surface area contributed by atoms with Crippen LogP contribution in [0, 0.1) is 20.2 Å². The largest absolute Gasteiger partial charge is 0.341 e. The van der Waals surface area contributed by atoms with Crippen molar-refractivity contribution in [2.24, 2.45) is 0 Å². The lowest BCUT2D eigenvalue weighted by molar-refractivity contribution is -0.394. The Balaban J connectivity index is 3.00. The summed E-state index contributed by atoms with van der Waals surface area (Å²) in [4.78, 5) is 31.3. The summed E-state index contributed by atoms with van der Waals surface area (Å²) in [5.41, 5.74) is -2.17. The highest BCUT2D eigenvalue weighted by atomic mass is 16.6. The summed E-state index contributed by atoms with van der Waals surface area (Å²) in [5, 5.41) is 21.4. The molecule has 0 saturated carbocycles. The predicted octanol–water partition coefficient (Wildman–Crippen LogP) is 1.12. The van der Waals surface area contributed by atoms with Gasteiger partial charge in [-0.15, -0.1) is 0 Å². The Kier molecular flexibility index (Phi) is 2.32. The van der Waals surface area contributed by atoms with Crippen LogP contribution in [0.5, 0.6) is 0 Å². The van der Waals surface area contributed by atoms with E-state index in [1.807, 2.05) is 0 Å². The van der Waals surface area contributed by atoms with Crippen molar-refractivity contribution < 1.29 is 9.85 Å². The molecule has 86 valence electrons. The first-order chi connectivity index (χ1) is 8.02. The first-order valence-corrected chi connectivity index (χ1v) is 4.45. The van der Waals surface area contributed by atoms with Crippen LogP contribution in [0.4, 0.5) is 11.4 Å². The zero-order valence-corrected chi connectivity index (χ0v) is 8.27. The van der Waals surface area contributed by atoms with Gasteiger partial charge in [-0.2, -0.15) is 0 Å². The van der Waals surface area contributed by atoms with Crippen molar-refractivity contribution >= 4 is 16.9 Å². The number of hydrogen-bond donors (Lipinski definition) is 0. The molecule has 2 aromatic rings. The summed E-state index contributed by atoms with van der Waals surface area (Å²) in [7, 11) is 0. The smallest absolute Gasteiger partial charge is 0.272 e. The average molecular weight is 235 g/mol. The van der Waals surface area contributed by atoms with Gasteiger partial charge < -0.3 is 0 Å². The van der Waals surface area contributed by atoms with Gasteiger partial charge in [0.15, 0.2) is 0 Å². The van der Waals surface area contributed by atoms with E-state index in [9.17, 15) is 25.0 Å². The molecule has 0 unspecified atom stereocenters. The van der Waals surface area contributed by atoms with E-state index < -0.39 is 26.8 Å². The van der Waals surface area contributed by atoms with Crippen molar-refractivity contribution in [3.63, 3.8) is 0 Å². The second kappa shape index (κ2) is 3.67. The fraction of sp³-hybridized carbons (Fsp3) is 0. The van der Waals surface area contributed by atoms with E-state index in [0.717, 1.165) is 4.40 Å². The topological polar surface area (TPSA) is 108 Å². The standard InChI is InChI=1S/C9H5N3O5/c13-9-8(12(16)17)5-7(11(14)15)6-3-1-2-4-10(6)9/h1-5H. The Labute approximate surface area is 93.0 Å². The van der Waals surface area contributed by atoms with Gasteiger partial charge in [0.1, 0.15) is 11.6 Å². The zero-order chi connectivity index (χ0) is 12.6. The quantitative estimate of drug-likeness (QED) is 0.572. The van der Waals surface area contributed by atoms with Crippen molar-refractivity contribution in [2.75, 3.05) is 0 Å². The number of pyridine rings is 2. The molecule has 17 heavy (non-hydrogen) atoms. The molecule has 0 aromatic carbocycles. The molecule has 0 aliphatic rings. The number of aromatic nitrogens is 1.